The molecule has 33 heavy (non-hydrogen) atoms. The second-order valence-electron chi connectivity index (χ2n) is 7.09. The maximum atomic E-state index is 13.3. The molecule has 0 unspecified atom stereocenters. The lowest BCUT2D eigenvalue weighted by Crippen LogP contribution is -2.43. The zero-order valence-corrected chi connectivity index (χ0v) is 19.6. The predicted molar refractivity (Wildman–Crippen MR) is 124 cm³/mol. The number of alkyl halides is 3. The second kappa shape index (κ2) is 10.9. The Kier molecular flexibility index (Phi) is 8.41. The first kappa shape index (κ1) is 25.5. The molecule has 6 nitrogen and oxygen atoms in total. The highest BCUT2D eigenvalue weighted by Gasteiger charge is 2.31. The molecule has 2 aromatic carbocycles. The molecule has 0 atom stereocenters. The number of halogens is 5. The lowest BCUT2D eigenvalue weighted by atomic mass is 10.2. The molecule has 1 aromatic heterocycles. The van der Waals surface area contributed by atoms with Gasteiger partial charge in [0, 0.05) is 42.8 Å². The van der Waals surface area contributed by atoms with Crippen LogP contribution in [0.2, 0.25) is 5.02 Å². The number of carbonyl (C=O) groups excluding carboxylic acids is 1. The highest BCUT2D eigenvalue weighted by molar-refractivity contribution is 7.22. The summed E-state index contributed by atoms with van der Waals surface area (Å²) in [6.07, 6.45) is -4.78. The number of nitrogens with zero attached hydrogens (tertiary/aromatic N) is 3. The lowest BCUT2D eigenvalue weighted by Gasteiger charge is -2.29. The summed E-state index contributed by atoms with van der Waals surface area (Å²) in [7, 11) is 0. The molecule has 4 rings (SSSR count). The predicted octanol–water partition coefficient (Wildman–Crippen LogP) is 5.25. The summed E-state index contributed by atoms with van der Waals surface area (Å²) >= 11 is 7.08. The van der Waals surface area contributed by atoms with Crippen molar-refractivity contribution >= 4 is 56.6 Å². The zero-order valence-electron chi connectivity index (χ0n) is 17.2. The molecule has 3 aromatic rings. The van der Waals surface area contributed by atoms with Gasteiger partial charge in [-0.2, -0.15) is 0 Å². The summed E-state index contributed by atoms with van der Waals surface area (Å²) in [5.41, 5.74) is 0.927. The quantitative estimate of drug-likeness (QED) is 0.443. The van der Waals surface area contributed by atoms with Crippen molar-refractivity contribution in [1.29, 1.82) is 0 Å². The summed E-state index contributed by atoms with van der Waals surface area (Å²) < 4.78 is 47.5. The van der Waals surface area contributed by atoms with Crippen molar-refractivity contribution in [2.24, 2.45) is 0 Å². The van der Waals surface area contributed by atoms with Crippen molar-refractivity contribution < 1.29 is 27.4 Å². The third-order valence-electron chi connectivity index (χ3n) is 4.89. The highest BCUT2D eigenvalue weighted by Crippen LogP contribution is 2.34. The van der Waals surface area contributed by atoms with Gasteiger partial charge in [0.2, 0.25) is 0 Å². The van der Waals surface area contributed by atoms with E-state index in [0.29, 0.717) is 52.2 Å². The van der Waals surface area contributed by atoms with Crippen molar-refractivity contribution in [3.8, 4) is 5.75 Å². The number of morpholine rings is 1. The number of amides is 1. The lowest BCUT2D eigenvalue weighted by molar-refractivity contribution is -0.274. The number of benzene rings is 2. The average Bonchev–Trinajstić information content (AvgIpc) is 3.17. The molecule has 12 heteroatoms. The van der Waals surface area contributed by atoms with Gasteiger partial charge in [0.15, 0.2) is 5.13 Å². The van der Waals surface area contributed by atoms with Crippen molar-refractivity contribution in [3.63, 3.8) is 0 Å². The molecule has 0 radical (unpaired) electrons. The number of hydrogen-bond donors (Lipinski definition) is 0. The van der Waals surface area contributed by atoms with E-state index < -0.39 is 6.36 Å². The van der Waals surface area contributed by atoms with Crippen molar-refractivity contribution in [1.82, 2.24) is 9.88 Å². The van der Waals surface area contributed by atoms with E-state index in [1.165, 1.54) is 18.2 Å². The van der Waals surface area contributed by atoms with E-state index in [0.717, 1.165) is 24.4 Å². The van der Waals surface area contributed by atoms with Gasteiger partial charge in [0.25, 0.3) is 5.91 Å². The topological polar surface area (TPSA) is 54.9 Å². The van der Waals surface area contributed by atoms with Gasteiger partial charge in [0.1, 0.15) is 5.75 Å². The number of hydrogen-bond acceptors (Lipinski definition) is 6. The van der Waals surface area contributed by atoms with E-state index in [1.54, 1.807) is 29.2 Å². The first-order valence-corrected chi connectivity index (χ1v) is 11.0. The number of ether oxygens (including phenoxy) is 2. The smallest absolute Gasteiger partial charge is 0.406 e. The van der Waals surface area contributed by atoms with Crippen LogP contribution in [-0.2, 0) is 4.74 Å². The van der Waals surface area contributed by atoms with E-state index in [4.69, 9.17) is 16.3 Å². The van der Waals surface area contributed by atoms with Crippen molar-refractivity contribution in [2.45, 2.75) is 6.36 Å². The SMILES string of the molecule is Cl.O=C(c1ccc(Cl)cc1)N(CCN1CCOCC1)c1nc2ccc(OC(F)(F)F)cc2s1. The monoisotopic (exact) mass is 521 g/mol. The molecule has 1 saturated heterocycles. The standard InChI is InChI=1S/C21H19ClF3N3O3S.ClH/c22-15-3-1-14(2-4-15)19(29)28(8-7-27-9-11-30-12-10-27)20-26-17-6-5-16(13-18(17)32-20)31-21(23,24)25;/h1-6,13H,7-12H2;1H. The molecule has 0 spiro atoms. The summed E-state index contributed by atoms with van der Waals surface area (Å²) in [6.45, 7) is 3.78. The third-order valence-corrected chi connectivity index (χ3v) is 6.19. The van der Waals surface area contributed by atoms with E-state index in [1.807, 2.05) is 0 Å². The second-order valence-corrected chi connectivity index (χ2v) is 8.54. The number of fused-ring (bicyclic) bond motifs is 1. The molecule has 178 valence electrons. The minimum absolute atomic E-state index is 0. The molecule has 1 aliphatic rings. The maximum absolute atomic E-state index is 13.3. The molecular formula is C21H20Cl2F3N3O3S. The first-order chi connectivity index (χ1) is 15.3. The fourth-order valence-corrected chi connectivity index (χ4v) is 4.45. The summed E-state index contributed by atoms with van der Waals surface area (Å²) in [4.78, 5) is 21.5. The van der Waals surface area contributed by atoms with Gasteiger partial charge in [-0.15, -0.1) is 25.6 Å². The molecular weight excluding hydrogens is 502 g/mol. The van der Waals surface area contributed by atoms with Gasteiger partial charge >= 0.3 is 6.36 Å². The van der Waals surface area contributed by atoms with Crippen molar-refractivity contribution in [3.05, 3.63) is 53.1 Å². The Labute approximate surface area is 203 Å². The van der Waals surface area contributed by atoms with Crippen LogP contribution in [0.25, 0.3) is 10.2 Å². The van der Waals surface area contributed by atoms with Crippen LogP contribution in [0.1, 0.15) is 10.4 Å². The van der Waals surface area contributed by atoms with Crippen LogP contribution in [0.3, 0.4) is 0 Å². The maximum Gasteiger partial charge on any atom is 0.573 e. The van der Waals surface area contributed by atoms with Crippen LogP contribution < -0.4 is 9.64 Å². The zero-order chi connectivity index (χ0) is 22.7. The van der Waals surface area contributed by atoms with E-state index in [9.17, 15) is 18.0 Å². The fraction of sp³-hybridized carbons (Fsp3) is 0.333. The Hall–Kier alpha value is -2.11. The Morgan fingerprint density at radius 1 is 1.18 bits per heavy atom. The molecule has 0 N–H and O–H groups in total. The highest BCUT2D eigenvalue weighted by atomic mass is 35.5. The fourth-order valence-electron chi connectivity index (χ4n) is 3.30. The minimum atomic E-state index is -4.78. The van der Waals surface area contributed by atoms with Gasteiger partial charge in [-0.1, -0.05) is 22.9 Å². The normalized spacial score (nSPS) is 14.7. The number of thiazole rings is 1. The van der Waals surface area contributed by atoms with E-state index >= 15 is 0 Å². The molecule has 1 fully saturated rings. The Morgan fingerprint density at radius 2 is 1.88 bits per heavy atom. The number of rotatable bonds is 6. The van der Waals surface area contributed by atoms with E-state index in [-0.39, 0.29) is 24.1 Å². The average molecular weight is 522 g/mol. The Balaban J connectivity index is 0.00000306. The minimum Gasteiger partial charge on any atom is -0.406 e. The van der Waals surface area contributed by atoms with Crippen LogP contribution >= 0.6 is 35.3 Å². The first-order valence-electron chi connectivity index (χ1n) is 9.82. The van der Waals surface area contributed by atoms with Gasteiger partial charge in [-0.25, -0.2) is 4.98 Å². The summed E-state index contributed by atoms with van der Waals surface area (Å²) in [5.74, 6) is -0.593. The number of carbonyl (C=O) groups is 1. The molecule has 2 heterocycles. The third kappa shape index (κ3) is 6.70. The molecule has 0 bridgehead atoms. The molecule has 1 amide bonds. The van der Waals surface area contributed by atoms with Gasteiger partial charge in [-0.05, 0) is 36.4 Å². The van der Waals surface area contributed by atoms with Gasteiger partial charge in [0.05, 0.1) is 23.4 Å². The summed E-state index contributed by atoms with van der Waals surface area (Å²) in [5, 5.41) is 0.913. The van der Waals surface area contributed by atoms with E-state index in [2.05, 4.69) is 14.6 Å². The summed E-state index contributed by atoms with van der Waals surface area (Å²) in [6, 6.07) is 10.5. The number of anilines is 1. The largest absolute Gasteiger partial charge is 0.573 e. The molecule has 0 saturated carbocycles. The van der Waals surface area contributed by atoms with Crippen LogP contribution in [-0.4, -0.2) is 61.5 Å². The van der Waals surface area contributed by atoms with Crippen LogP contribution in [0.15, 0.2) is 42.5 Å². The molecule has 0 aliphatic carbocycles. The Morgan fingerprint density at radius 3 is 2.55 bits per heavy atom. The van der Waals surface area contributed by atoms with Gasteiger partial charge < -0.3 is 9.47 Å². The number of aromatic nitrogens is 1. The van der Waals surface area contributed by atoms with Gasteiger partial charge in [-0.3, -0.25) is 14.6 Å². The van der Waals surface area contributed by atoms with Crippen LogP contribution in [0.4, 0.5) is 18.3 Å². The Bertz CT molecular complexity index is 1090. The molecule has 1 aliphatic heterocycles. The van der Waals surface area contributed by atoms with Crippen LogP contribution in [0.5, 0.6) is 5.75 Å². The van der Waals surface area contributed by atoms with Crippen LogP contribution in [0, 0.1) is 0 Å². The van der Waals surface area contributed by atoms with Crippen molar-refractivity contribution in [2.75, 3.05) is 44.3 Å².